The summed E-state index contributed by atoms with van der Waals surface area (Å²) in [6.45, 7) is 2.94. The van der Waals surface area contributed by atoms with Crippen molar-refractivity contribution in [2.75, 3.05) is 18.6 Å². The molecule has 0 aromatic carbocycles. The Bertz CT molecular complexity index is 240. The van der Waals surface area contributed by atoms with E-state index in [1.165, 1.54) is 19.3 Å². The molecule has 1 unspecified atom stereocenters. The minimum atomic E-state index is -0.231. The lowest BCUT2D eigenvalue weighted by atomic mass is 9.80. The van der Waals surface area contributed by atoms with E-state index in [1.54, 1.807) is 0 Å². The monoisotopic (exact) mass is 258 g/mol. The van der Waals surface area contributed by atoms with Gasteiger partial charge in [0.2, 0.25) is 5.91 Å². The van der Waals surface area contributed by atoms with Gasteiger partial charge in [0.1, 0.15) is 0 Å². The molecule has 100 valence electrons. The van der Waals surface area contributed by atoms with Crippen molar-refractivity contribution in [1.82, 2.24) is 5.32 Å². The van der Waals surface area contributed by atoms with Gasteiger partial charge in [-0.05, 0) is 30.8 Å². The number of hydrogen-bond donors (Lipinski definition) is 2. The highest BCUT2D eigenvalue weighted by Crippen LogP contribution is 2.28. The SMILES string of the molecule is CSCC(C)CNC(=O)CC1(N)CCCCC1. The second kappa shape index (κ2) is 7.27. The van der Waals surface area contributed by atoms with Crippen molar-refractivity contribution in [3.05, 3.63) is 0 Å². The summed E-state index contributed by atoms with van der Waals surface area (Å²) in [5.74, 6) is 1.75. The molecule has 1 atom stereocenters. The standard InChI is InChI=1S/C13H26N2OS/c1-11(10-17-2)9-15-12(16)8-13(14)6-4-3-5-7-13/h11H,3-10,14H2,1-2H3,(H,15,16). The van der Waals surface area contributed by atoms with Gasteiger partial charge in [-0.15, -0.1) is 0 Å². The Morgan fingerprint density at radius 2 is 2.06 bits per heavy atom. The Hall–Kier alpha value is -0.220. The van der Waals surface area contributed by atoms with Crippen LogP contribution in [-0.2, 0) is 4.79 Å². The van der Waals surface area contributed by atoms with Gasteiger partial charge >= 0.3 is 0 Å². The van der Waals surface area contributed by atoms with Crippen LogP contribution in [0.25, 0.3) is 0 Å². The molecule has 1 rings (SSSR count). The number of nitrogens with two attached hydrogens (primary N) is 1. The summed E-state index contributed by atoms with van der Waals surface area (Å²) in [6, 6.07) is 0. The molecule has 1 aliphatic rings. The average Bonchev–Trinajstić information content (AvgIpc) is 2.27. The normalized spacial score (nSPS) is 20.9. The maximum Gasteiger partial charge on any atom is 0.221 e. The zero-order valence-corrected chi connectivity index (χ0v) is 11.9. The molecule has 0 aromatic rings. The molecule has 0 spiro atoms. The van der Waals surface area contributed by atoms with E-state index < -0.39 is 0 Å². The van der Waals surface area contributed by atoms with E-state index in [-0.39, 0.29) is 11.4 Å². The van der Waals surface area contributed by atoms with Crippen LogP contribution in [0.1, 0.15) is 45.4 Å². The van der Waals surface area contributed by atoms with Crippen LogP contribution in [0.4, 0.5) is 0 Å². The van der Waals surface area contributed by atoms with Crippen LogP contribution < -0.4 is 11.1 Å². The number of amides is 1. The maximum absolute atomic E-state index is 11.8. The molecule has 3 N–H and O–H groups in total. The van der Waals surface area contributed by atoms with Crippen molar-refractivity contribution in [3.63, 3.8) is 0 Å². The smallest absolute Gasteiger partial charge is 0.221 e. The molecule has 3 nitrogen and oxygen atoms in total. The molecule has 4 heteroatoms. The van der Waals surface area contributed by atoms with E-state index >= 15 is 0 Å². The van der Waals surface area contributed by atoms with Crippen molar-refractivity contribution in [3.8, 4) is 0 Å². The minimum absolute atomic E-state index is 0.127. The van der Waals surface area contributed by atoms with Crippen LogP contribution in [0.15, 0.2) is 0 Å². The highest BCUT2D eigenvalue weighted by molar-refractivity contribution is 7.98. The molecule has 0 bridgehead atoms. The van der Waals surface area contributed by atoms with Crippen LogP contribution in [0.3, 0.4) is 0 Å². The molecule has 17 heavy (non-hydrogen) atoms. The van der Waals surface area contributed by atoms with Gasteiger partial charge in [-0.2, -0.15) is 11.8 Å². The van der Waals surface area contributed by atoms with Crippen LogP contribution in [0, 0.1) is 5.92 Å². The van der Waals surface area contributed by atoms with E-state index in [1.807, 2.05) is 11.8 Å². The second-order valence-corrected chi connectivity index (χ2v) is 6.38. The van der Waals surface area contributed by atoms with Gasteiger partial charge in [-0.1, -0.05) is 26.2 Å². The molecular weight excluding hydrogens is 232 g/mol. The van der Waals surface area contributed by atoms with Crippen LogP contribution in [0.5, 0.6) is 0 Å². The second-order valence-electron chi connectivity index (χ2n) is 5.46. The molecule has 0 saturated heterocycles. The van der Waals surface area contributed by atoms with Crippen molar-refractivity contribution in [1.29, 1.82) is 0 Å². The Labute approximate surface area is 109 Å². The fourth-order valence-electron chi connectivity index (χ4n) is 2.45. The van der Waals surface area contributed by atoms with Crippen LogP contribution in [-0.4, -0.2) is 30.0 Å². The third-order valence-electron chi connectivity index (χ3n) is 3.46. The largest absolute Gasteiger partial charge is 0.356 e. The summed E-state index contributed by atoms with van der Waals surface area (Å²) in [7, 11) is 0. The summed E-state index contributed by atoms with van der Waals surface area (Å²) in [6.07, 6.45) is 8.21. The first-order chi connectivity index (χ1) is 8.06. The third-order valence-corrected chi connectivity index (χ3v) is 4.36. The molecular formula is C13H26N2OS. The predicted octanol–water partition coefficient (Wildman–Crippen LogP) is 2.15. The molecule has 1 saturated carbocycles. The van der Waals surface area contributed by atoms with Crippen molar-refractivity contribution < 1.29 is 4.79 Å². The summed E-state index contributed by atoms with van der Waals surface area (Å²) in [5.41, 5.74) is 6.03. The molecule has 1 amide bonds. The van der Waals surface area contributed by atoms with Crippen molar-refractivity contribution in [2.45, 2.75) is 51.0 Å². The zero-order chi connectivity index (χ0) is 12.7. The highest BCUT2D eigenvalue weighted by Gasteiger charge is 2.29. The summed E-state index contributed by atoms with van der Waals surface area (Å²) >= 11 is 1.82. The Morgan fingerprint density at radius 3 is 2.65 bits per heavy atom. The summed E-state index contributed by atoms with van der Waals surface area (Å²) in [5, 5.41) is 3.01. The van der Waals surface area contributed by atoms with E-state index in [0.717, 1.165) is 25.1 Å². The lowest BCUT2D eigenvalue weighted by Gasteiger charge is -2.32. The fraction of sp³-hybridized carbons (Fsp3) is 0.923. The quantitative estimate of drug-likeness (QED) is 0.767. The lowest BCUT2D eigenvalue weighted by Crippen LogP contribution is -2.46. The number of rotatable bonds is 6. The number of hydrogen-bond acceptors (Lipinski definition) is 3. The molecule has 0 aliphatic heterocycles. The van der Waals surface area contributed by atoms with Crippen LogP contribution in [0.2, 0.25) is 0 Å². The molecule has 0 heterocycles. The maximum atomic E-state index is 11.8. The van der Waals surface area contributed by atoms with Gasteiger partial charge in [-0.3, -0.25) is 4.79 Å². The van der Waals surface area contributed by atoms with Crippen LogP contribution >= 0.6 is 11.8 Å². The number of nitrogens with one attached hydrogen (secondary N) is 1. The average molecular weight is 258 g/mol. The van der Waals surface area contributed by atoms with E-state index in [0.29, 0.717) is 12.3 Å². The van der Waals surface area contributed by atoms with Gasteiger partial charge < -0.3 is 11.1 Å². The van der Waals surface area contributed by atoms with Gasteiger partial charge in [-0.25, -0.2) is 0 Å². The lowest BCUT2D eigenvalue weighted by molar-refractivity contribution is -0.122. The molecule has 0 radical (unpaired) electrons. The van der Waals surface area contributed by atoms with E-state index in [2.05, 4.69) is 18.5 Å². The number of thioether (sulfide) groups is 1. The zero-order valence-electron chi connectivity index (χ0n) is 11.1. The van der Waals surface area contributed by atoms with Gasteiger partial charge in [0.25, 0.3) is 0 Å². The summed E-state index contributed by atoms with van der Waals surface area (Å²) in [4.78, 5) is 11.8. The topological polar surface area (TPSA) is 55.1 Å². The van der Waals surface area contributed by atoms with Crippen molar-refractivity contribution >= 4 is 17.7 Å². The van der Waals surface area contributed by atoms with Gasteiger partial charge in [0, 0.05) is 18.5 Å². The predicted molar refractivity (Wildman–Crippen MR) is 75.2 cm³/mol. The fourth-order valence-corrected chi connectivity index (χ4v) is 3.13. The van der Waals surface area contributed by atoms with Crippen molar-refractivity contribution in [2.24, 2.45) is 11.7 Å². The molecule has 0 aromatic heterocycles. The molecule has 1 aliphatic carbocycles. The summed E-state index contributed by atoms with van der Waals surface area (Å²) < 4.78 is 0. The van der Waals surface area contributed by atoms with Gasteiger partial charge in [0.05, 0.1) is 0 Å². The van der Waals surface area contributed by atoms with Gasteiger partial charge in [0.15, 0.2) is 0 Å². The van der Waals surface area contributed by atoms with E-state index in [4.69, 9.17) is 5.73 Å². The highest BCUT2D eigenvalue weighted by atomic mass is 32.2. The Balaban J connectivity index is 2.24. The van der Waals surface area contributed by atoms with E-state index in [9.17, 15) is 4.79 Å². The number of carbonyl (C=O) groups is 1. The minimum Gasteiger partial charge on any atom is -0.356 e. The first kappa shape index (κ1) is 14.8. The third kappa shape index (κ3) is 5.77. The Morgan fingerprint density at radius 1 is 1.41 bits per heavy atom. The Kier molecular flexibility index (Phi) is 6.34. The first-order valence-electron chi connectivity index (χ1n) is 6.60. The first-order valence-corrected chi connectivity index (χ1v) is 8.00. The molecule has 1 fully saturated rings. The number of carbonyl (C=O) groups excluding carboxylic acids is 1.